The molecule has 0 saturated carbocycles. The highest BCUT2D eigenvalue weighted by molar-refractivity contribution is 7.92. The van der Waals surface area contributed by atoms with Gasteiger partial charge in [-0.1, -0.05) is 42.5 Å². The SMILES string of the molecule is O=S(=O)(Nc1cc(-c2ccccc2)c(F)cc1F)c1ccccc1O. The van der Waals surface area contributed by atoms with Gasteiger partial charge in [0, 0.05) is 11.6 Å². The molecular formula is C18H13F2NO3S. The van der Waals surface area contributed by atoms with Gasteiger partial charge in [-0.05, 0) is 23.8 Å². The van der Waals surface area contributed by atoms with Crippen LogP contribution in [-0.2, 0) is 10.0 Å². The van der Waals surface area contributed by atoms with E-state index < -0.39 is 38.0 Å². The van der Waals surface area contributed by atoms with E-state index in [0.29, 0.717) is 11.6 Å². The molecule has 0 aromatic heterocycles. The number of benzene rings is 3. The van der Waals surface area contributed by atoms with Crippen LogP contribution in [0.15, 0.2) is 71.6 Å². The van der Waals surface area contributed by atoms with Crippen molar-refractivity contribution in [3.8, 4) is 16.9 Å². The fourth-order valence-electron chi connectivity index (χ4n) is 2.35. The molecule has 3 rings (SSSR count). The number of para-hydroxylation sites is 1. The molecule has 0 radical (unpaired) electrons. The number of nitrogens with one attached hydrogen (secondary N) is 1. The number of phenols is 1. The Hall–Kier alpha value is -2.93. The summed E-state index contributed by atoms with van der Waals surface area (Å²) in [6, 6.07) is 15.3. The van der Waals surface area contributed by atoms with Gasteiger partial charge >= 0.3 is 0 Å². The van der Waals surface area contributed by atoms with Crippen molar-refractivity contribution in [1.29, 1.82) is 0 Å². The monoisotopic (exact) mass is 361 g/mol. The minimum atomic E-state index is -4.24. The molecule has 7 heteroatoms. The summed E-state index contributed by atoms with van der Waals surface area (Å²) in [6.45, 7) is 0. The van der Waals surface area contributed by atoms with Crippen LogP contribution in [0.4, 0.5) is 14.5 Å². The van der Waals surface area contributed by atoms with E-state index in [1.54, 1.807) is 30.3 Å². The predicted molar refractivity (Wildman–Crippen MR) is 90.7 cm³/mol. The van der Waals surface area contributed by atoms with Crippen LogP contribution in [0.3, 0.4) is 0 Å². The summed E-state index contributed by atoms with van der Waals surface area (Å²) in [7, 11) is -4.24. The fourth-order valence-corrected chi connectivity index (χ4v) is 3.51. The third kappa shape index (κ3) is 3.46. The van der Waals surface area contributed by atoms with Gasteiger partial charge in [0.05, 0.1) is 5.69 Å². The Kier molecular flexibility index (Phi) is 4.41. The van der Waals surface area contributed by atoms with Gasteiger partial charge in [-0.3, -0.25) is 4.72 Å². The van der Waals surface area contributed by atoms with Crippen LogP contribution in [0.25, 0.3) is 11.1 Å². The van der Waals surface area contributed by atoms with Crippen molar-refractivity contribution in [1.82, 2.24) is 0 Å². The molecule has 3 aromatic rings. The molecule has 0 aliphatic carbocycles. The summed E-state index contributed by atoms with van der Waals surface area (Å²) >= 11 is 0. The van der Waals surface area contributed by atoms with Crippen LogP contribution in [0.1, 0.15) is 0 Å². The zero-order chi connectivity index (χ0) is 18.0. The molecule has 2 N–H and O–H groups in total. The molecule has 4 nitrogen and oxygen atoms in total. The van der Waals surface area contributed by atoms with Gasteiger partial charge in [-0.25, -0.2) is 17.2 Å². The minimum Gasteiger partial charge on any atom is -0.507 e. The first-order valence-corrected chi connectivity index (χ1v) is 8.72. The van der Waals surface area contributed by atoms with Gasteiger partial charge in [0.2, 0.25) is 0 Å². The highest BCUT2D eigenvalue weighted by Crippen LogP contribution is 2.30. The molecule has 0 fully saturated rings. The van der Waals surface area contributed by atoms with Crippen LogP contribution in [0.5, 0.6) is 5.75 Å². The molecule has 128 valence electrons. The van der Waals surface area contributed by atoms with E-state index in [-0.39, 0.29) is 5.56 Å². The second-order valence-electron chi connectivity index (χ2n) is 5.25. The number of hydrogen-bond donors (Lipinski definition) is 2. The molecule has 0 amide bonds. The average Bonchev–Trinajstić information content (AvgIpc) is 2.58. The normalized spacial score (nSPS) is 11.3. The number of phenolic OH excluding ortho intramolecular Hbond substituents is 1. The van der Waals surface area contributed by atoms with Crippen LogP contribution in [-0.4, -0.2) is 13.5 Å². The van der Waals surface area contributed by atoms with Gasteiger partial charge < -0.3 is 5.11 Å². The molecular weight excluding hydrogens is 348 g/mol. The smallest absolute Gasteiger partial charge is 0.265 e. The van der Waals surface area contributed by atoms with E-state index in [1.165, 1.54) is 24.3 Å². The first kappa shape index (κ1) is 16.9. The lowest BCUT2D eigenvalue weighted by atomic mass is 10.0. The maximum absolute atomic E-state index is 14.1. The largest absolute Gasteiger partial charge is 0.507 e. The minimum absolute atomic E-state index is 0.0528. The highest BCUT2D eigenvalue weighted by Gasteiger charge is 2.21. The summed E-state index contributed by atoms with van der Waals surface area (Å²) in [4.78, 5) is -0.403. The Morgan fingerprint density at radius 2 is 1.48 bits per heavy atom. The van der Waals surface area contributed by atoms with Crippen LogP contribution in [0, 0.1) is 11.6 Å². The maximum Gasteiger partial charge on any atom is 0.265 e. The van der Waals surface area contributed by atoms with Crippen molar-refractivity contribution < 1.29 is 22.3 Å². The molecule has 25 heavy (non-hydrogen) atoms. The zero-order valence-electron chi connectivity index (χ0n) is 12.8. The number of rotatable bonds is 4. The van der Waals surface area contributed by atoms with Crippen LogP contribution >= 0.6 is 0 Å². The molecule has 0 unspecified atom stereocenters. The topological polar surface area (TPSA) is 66.4 Å². The van der Waals surface area contributed by atoms with Crippen molar-refractivity contribution in [2.24, 2.45) is 0 Å². The second kappa shape index (κ2) is 6.52. The first-order valence-electron chi connectivity index (χ1n) is 7.24. The van der Waals surface area contributed by atoms with Gasteiger partial charge in [-0.15, -0.1) is 0 Å². The van der Waals surface area contributed by atoms with Gasteiger partial charge in [0.25, 0.3) is 10.0 Å². The van der Waals surface area contributed by atoms with Crippen LogP contribution < -0.4 is 4.72 Å². The predicted octanol–water partition coefficient (Wildman–Crippen LogP) is 4.14. The van der Waals surface area contributed by atoms with Crippen molar-refractivity contribution in [2.45, 2.75) is 4.90 Å². The van der Waals surface area contributed by atoms with Gasteiger partial charge in [0.1, 0.15) is 22.3 Å². The Bertz CT molecular complexity index is 1020. The van der Waals surface area contributed by atoms with E-state index in [9.17, 15) is 22.3 Å². The Balaban J connectivity index is 2.05. The zero-order valence-corrected chi connectivity index (χ0v) is 13.6. The molecule has 0 aliphatic rings. The van der Waals surface area contributed by atoms with E-state index in [0.717, 1.165) is 6.07 Å². The number of anilines is 1. The molecule has 0 atom stereocenters. The summed E-state index contributed by atoms with van der Waals surface area (Å²) in [5.74, 6) is -2.34. The van der Waals surface area contributed by atoms with E-state index in [4.69, 9.17) is 0 Å². The molecule has 0 spiro atoms. The first-order chi connectivity index (χ1) is 11.9. The standard InChI is InChI=1S/C18H13F2NO3S/c19-14-11-15(20)16(10-13(14)12-6-2-1-3-7-12)21-25(23,24)18-9-5-4-8-17(18)22/h1-11,21-22H. The molecule has 0 aliphatic heterocycles. The second-order valence-corrected chi connectivity index (χ2v) is 6.90. The Labute approximate surface area is 143 Å². The van der Waals surface area contributed by atoms with Gasteiger partial charge in [0.15, 0.2) is 0 Å². The molecule has 0 bridgehead atoms. The number of aromatic hydroxyl groups is 1. The maximum atomic E-state index is 14.1. The lowest BCUT2D eigenvalue weighted by molar-refractivity contribution is 0.459. The molecule has 3 aromatic carbocycles. The van der Waals surface area contributed by atoms with Crippen molar-refractivity contribution in [2.75, 3.05) is 4.72 Å². The fraction of sp³-hybridized carbons (Fsp3) is 0. The summed E-state index contributed by atoms with van der Waals surface area (Å²) in [5, 5.41) is 9.70. The number of hydrogen-bond acceptors (Lipinski definition) is 3. The van der Waals surface area contributed by atoms with Crippen LogP contribution in [0.2, 0.25) is 0 Å². The third-order valence-corrected chi connectivity index (χ3v) is 4.95. The summed E-state index contributed by atoms with van der Waals surface area (Å²) in [6.07, 6.45) is 0. The Morgan fingerprint density at radius 3 is 2.16 bits per heavy atom. The van der Waals surface area contributed by atoms with E-state index in [1.807, 2.05) is 0 Å². The van der Waals surface area contributed by atoms with Crippen molar-refractivity contribution in [3.63, 3.8) is 0 Å². The third-order valence-electron chi connectivity index (χ3n) is 3.54. The van der Waals surface area contributed by atoms with Gasteiger partial charge in [-0.2, -0.15) is 0 Å². The number of halogens is 2. The molecule has 0 saturated heterocycles. The highest BCUT2D eigenvalue weighted by atomic mass is 32.2. The van der Waals surface area contributed by atoms with E-state index >= 15 is 0 Å². The lowest BCUT2D eigenvalue weighted by Crippen LogP contribution is -2.14. The van der Waals surface area contributed by atoms with E-state index in [2.05, 4.69) is 4.72 Å². The average molecular weight is 361 g/mol. The Morgan fingerprint density at radius 1 is 0.840 bits per heavy atom. The summed E-state index contributed by atoms with van der Waals surface area (Å²) < 4.78 is 54.9. The molecule has 0 heterocycles. The summed E-state index contributed by atoms with van der Waals surface area (Å²) in [5.41, 5.74) is 0.114. The van der Waals surface area contributed by atoms with Crippen molar-refractivity contribution in [3.05, 3.63) is 78.4 Å². The van der Waals surface area contributed by atoms with Crippen molar-refractivity contribution >= 4 is 15.7 Å². The quantitative estimate of drug-likeness (QED) is 0.734. The number of sulfonamides is 1. The lowest BCUT2D eigenvalue weighted by Gasteiger charge is -2.12.